The second-order valence-corrected chi connectivity index (χ2v) is 7.81. The minimum atomic E-state index is 0.0770. The lowest BCUT2D eigenvalue weighted by Gasteiger charge is -2.49. The van der Waals surface area contributed by atoms with Gasteiger partial charge in [-0.1, -0.05) is 0 Å². The molecule has 0 bridgehead atoms. The number of hydrogen-bond acceptors (Lipinski definition) is 6. The highest BCUT2D eigenvalue weighted by Gasteiger charge is 2.41. The van der Waals surface area contributed by atoms with E-state index >= 15 is 0 Å². The summed E-state index contributed by atoms with van der Waals surface area (Å²) < 4.78 is 5.35. The fraction of sp³-hybridized carbons (Fsp3) is 0.550. The summed E-state index contributed by atoms with van der Waals surface area (Å²) in [5.74, 6) is 1.57. The zero-order valence-electron chi connectivity index (χ0n) is 16.1. The smallest absolute Gasteiger partial charge is 0.222 e. The topological polar surface area (TPSA) is 65.7 Å². The highest BCUT2D eigenvalue weighted by Crippen LogP contribution is 2.32. The summed E-state index contributed by atoms with van der Waals surface area (Å²) in [6.07, 6.45) is 7.99. The highest BCUT2D eigenvalue weighted by molar-refractivity contribution is 5.76. The third-order valence-corrected chi connectivity index (χ3v) is 6.07. The van der Waals surface area contributed by atoms with E-state index in [-0.39, 0.29) is 11.4 Å². The van der Waals surface area contributed by atoms with Crippen molar-refractivity contribution in [2.45, 2.75) is 31.3 Å². The van der Waals surface area contributed by atoms with Crippen LogP contribution >= 0.6 is 0 Å². The molecule has 0 radical (unpaired) electrons. The van der Waals surface area contributed by atoms with Gasteiger partial charge in [-0.2, -0.15) is 0 Å². The summed E-state index contributed by atoms with van der Waals surface area (Å²) in [7, 11) is 4.12. The second kappa shape index (κ2) is 7.40. The van der Waals surface area contributed by atoms with Crippen molar-refractivity contribution in [3.05, 3.63) is 36.4 Å². The third kappa shape index (κ3) is 3.75. The molecule has 27 heavy (non-hydrogen) atoms. The van der Waals surface area contributed by atoms with Crippen LogP contribution in [0.4, 0.5) is 0 Å². The first kappa shape index (κ1) is 18.1. The minimum absolute atomic E-state index is 0.0770. The predicted octanol–water partition coefficient (Wildman–Crippen LogP) is 1.87. The molecule has 1 amide bonds. The Morgan fingerprint density at radius 1 is 1.15 bits per heavy atom. The summed E-state index contributed by atoms with van der Waals surface area (Å²) in [6, 6.07) is 3.70. The van der Waals surface area contributed by atoms with Crippen molar-refractivity contribution in [2.75, 3.05) is 40.3 Å². The van der Waals surface area contributed by atoms with E-state index in [1.165, 1.54) is 0 Å². The maximum atomic E-state index is 12.1. The first-order valence-corrected chi connectivity index (χ1v) is 9.58. The van der Waals surface area contributed by atoms with E-state index in [1.54, 1.807) is 6.26 Å². The number of amides is 1. The third-order valence-electron chi connectivity index (χ3n) is 6.07. The van der Waals surface area contributed by atoms with E-state index in [0.29, 0.717) is 18.0 Å². The largest absolute Gasteiger partial charge is 0.461 e. The Labute approximate surface area is 160 Å². The van der Waals surface area contributed by atoms with Crippen LogP contribution in [0, 0.1) is 0 Å². The second-order valence-electron chi connectivity index (χ2n) is 7.81. The van der Waals surface area contributed by atoms with Gasteiger partial charge in [-0.05, 0) is 32.0 Å². The number of rotatable bonds is 3. The van der Waals surface area contributed by atoms with Crippen molar-refractivity contribution in [3.63, 3.8) is 0 Å². The quantitative estimate of drug-likeness (QED) is 0.823. The highest BCUT2D eigenvalue weighted by atomic mass is 16.3. The molecule has 4 heterocycles. The zero-order chi connectivity index (χ0) is 18.9. The van der Waals surface area contributed by atoms with Crippen LogP contribution < -0.4 is 0 Å². The van der Waals surface area contributed by atoms with E-state index < -0.39 is 0 Å². The Morgan fingerprint density at radius 3 is 2.70 bits per heavy atom. The summed E-state index contributed by atoms with van der Waals surface area (Å²) in [4.78, 5) is 27.8. The SMILES string of the molecule is CN1CCC2(CCC1=O)CN(Cc1cnc(-c3ccco3)nc1)CCN2C. The minimum Gasteiger partial charge on any atom is -0.461 e. The molecule has 2 saturated heterocycles. The maximum Gasteiger partial charge on any atom is 0.222 e. The van der Waals surface area contributed by atoms with Gasteiger partial charge in [0.2, 0.25) is 5.91 Å². The van der Waals surface area contributed by atoms with Gasteiger partial charge in [0.15, 0.2) is 11.6 Å². The number of nitrogens with zero attached hydrogens (tertiary/aromatic N) is 5. The van der Waals surface area contributed by atoms with Crippen molar-refractivity contribution in [1.29, 1.82) is 0 Å². The molecule has 7 heteroatoms. The molecule has 0 N–H and O–H groups in total. The van der Waals surface area contributed by atoms with Gasteiger partial charge in [0.25, 0.3) is 0 Å². The van der Waals surface area contributed by atoms with Crippen LogP contribution in [0.15, 0.2) is 35.2 Å². The standard InChI is InChI=1S/C20H27N5O2/c1-23-8-7-20(6-5-18(23)26)15-25(10-9-24(20)2)14-16-12-21-19(22-13-16)17-4-3-11-27-17/h3-4,11-13H,5-10,14-15H2,1-2H3. The van der Waals surface area contributed by atoms with Crippen molar-refractivity contribution in [2.24, 2.45) is 0 Å². The van der Waals surface area contributed by atoms with Crippen molar-refractivity contribution in [3.8, 4) is 11.6 Å². The molecule has 4 rings (SSSR count). The molecule has 1 atom stereocenters. The molecule has 2 aliphatic rings. The van der Waals surface area contributed by atoms with Gasteiger partial charge in [0.1, 0.15) is 0 Å². The van der Waals surface area contributed by atoms with Crippen LogP contribution in [0.2, 0.25) is 0 Å². The normalized spacial score (nSPS) is 25.1. The molecular formula is C20H27N5O2. The summed E-state index contributed by atoms with van der Waals surface area (Å²) in [5, 5.41) is 0. The Balaban J connectivity index is 1.44. The fourth-order valence-electron chi connectivity index (χ4n) is 4.20. The summed E-state index contributed by atoms with van der Waals surface area (Å²) in [5.41, 5.74) is 1.18. The lowest BCUT2D eigenvalue weighted by atomic mass is 9.86. The molecule has 1 unspecified atom stereocenters. The molecule has 0 aromatic carbocycles. The van der Waals surface area contributed by atoms with E-state index in [1.807, 2.05) is 36.5 Å². The lowest BCUT2D eigenvalue weighted by molar-refractivity contribution is -0.129. The van der Waals surface area contributed by atoms with Crippen LogP contribution in [0.25, 0.3) is 11.6 Å². The molecule has 0 aliphatic carbocycles. The molecule has 2 aromatic rings. The Morgan fingerprint density at radius 2 is 1.96 bits per heavy atom. The van der Waals surface area contributed by atoms with Gasteiger partial charge >= 0.3 is 0 Å². The Bertz CT molecular complexity index is 776. The van der Waals surface area contributed by atoms with Gasteiger partial charge in [0, 0.05) is 69.7 Å². The van der Waals surface area contributed by atoms with Crippen molar-refractivity contribution >= 4 is 5.91 Å². The summed E-state index contributed by atoms with van der Waals surface area (Å²) >= 11 is 0. The lowest BCUT2D eigenvalue weighted by Crippen LogP contribution is -2.60. The molecule has 1 spiro atoms. The van der Waals surface area contributed by atoms with Gasteiger partial charge < -0.3 is 9.32 Å². The van der Waals surface area contributed by atoms with Crippen LogP contribution in [-0.4, -0.2) is 76.4 Å². The fourth-order valence-corrected chi connectivity index (χ4v) is 4.20. The van der Waals surface area contributed by atoms with Crippen LogP contribution in [0.5, 0.6) is 0 Å². The van der Waals surface area contributed by atoms with E-state index in [2.05, 4.69) is 26.8 Å². The number of carbonyl (C=O) groups is 1. The predicted molar refractivity (Wildman–Crippen MR) is 102 cm³/mol. The number of aromatic nitrogens is 2. The van der Waals surface area contributed by atoms with Crippen LogP contribution in [0.1, 0.15) is 24.8 Å². The number of carbonyl (C=O) groups excluding carboxylic acids is 1. The number of piperazine rings is 1. The van der Waals surface area contributed by atoms with Gasteiger partial charge in [-0.3, -0.25) is 14.6 Å². The number of furan rings is 1. The van der Waals surface area contributed by atoms with Crippen molar-refractivity contribution in [1.82, 2.24) is 24.7 Å². The molecule has 0 saturated carbocycles. The van der Waals surface area contributed by atoms with Gasteiger partial charge in [0.05, 0.1) is 6.26 Å². The molecule has 144 valence electrons. The molecule has 2 aromatic heterocycles. The summed E-state index contributed by atoms with van der Waals surface area (Å²) in [6.45, 7) is 4.67. The maximum absolute atomic E-state index is 12.1. The average Bonchev–Trinajstić information content (AvgIpc) is 3.18. The Kier molecular flexibility index (Phi) is 4.97. The van der Waals surface area contributed by atoms with Gasteiger partial charge in [-0.25, -0.2) is 9.97 Å². The first-order valence-electron chi connectivity index (χ1n) is 9.58. The molecule has 7 nitrogen and oxygen atoms in total. The number of likely N-dealkylation sites (tertiary alicyclic amines) is 1. The molecule has 2 aliphatic heterocycles. The average molecular weight is 369 g/mol. The van der Waals surface area contributed by atoms with E-state index in [9.17, 15) is 4.79 Å². The van der Waals surface area contributed by atoms with E-state index in [0.717, 1.165) is 51.1 Å². The van der Waals surface area contributed by atoms with E-state index in [4.69, 9.17) is 4.42 Å². The number of hydrogen-bond donors (Lipinski definition) is 0. The molecule has 2 fully saturated rings. The Hall–Kier alpha value is -2.25. The van der Waals surface area contributed by atoms with Crippen LogP contribution in [0.3, 0.4) is 0 Å². The number of likely N-dealkylation sites (N-methyl/N-ethyl adjacent to an activating group) is 1. The van der Waals surface area contributed by atoms with Crippen molar-refractivity contribution < 1.29 is 9.21 Å². The zero-order valence-corrected chi connectivity index (χ0v) is 16.1. The van der Waals surface area contributed by atoms with Crippen LogP contribution in [-0.2, 0) is 11.3 Å². The first-order chi connectivity index (χ1) is 13.1. The monoisotopic (exact) mass is 369 g/mol. The molecular weight excluding hydrogens is 342 g/mol. The van der Waals surface area contributed by atoms with Gasteiger partial charge in [-0.15, -0.1) is 0 Å².